The summed E-state index contributed by atoms with van der Waals surface area (Å²) in [6, 6.07) is 0. The molecule has 3 saturated heterocycles. The smallest absolute Gasteiger partial charge is 0.186 e. The third-order valence-electron chi connectivity index (χ3n) is 12.1. The fourth-order valence-electron chi connectivity index (χ4n) is 9.70. The molecule has 7 rings (SSSR count). The molecule has 0 aromatic carbocycles. The molecule has 7 aliphatic rings. The van der Waals surface area contributed by atoms with Crippen LogP contribution in [0.4, 0.5) is 0 Å². The predicted molar refractivity (Wildman–Crippen MR) is 124 cm³/mol. The highest BCUT2D eigenvalue weighted by molar-refractivity contribution is 5.97. The molecule has 6 heteroatoms. The Morgan fingerprint density at radius 1 is 1.18 bits per heavy atom. The first-order valence-corrected chi connectivity index (χ1v) is 13.2. The topological polar surface area (TPSA) is 91.8 Å². The summed E-state index contributed by atoms with van der Waals surface area (Å²) in [5, 5.41) is 22.1. The minimum absolute atomic E-state index is 0.0658. The Hall–Kier alpha value is -1.05. The maximum Gasteiger partial charge on any atom is 0.186 e. The zero-order chi connectivity index (χ0) is 24.1. The van der Waals surface area contributed by atoms with Crippen molar-refractivity contribution in [3.05, 3.63) is 23.8 Å². The van der Waals surface area contributed by atoms with Gasteiger partial charge >= 0.3 is 0 Å². The van der Waals surface area contributed by atoms with E-state index in [1.165, 1.54) is 5.57 Å². The molecule has 34 heavy (non-hydrogen) atoms. The Bertz CT molecular complexity index is 1040. The number of rotatable bonds is 2. The van der Waals surface area contributed by atoms with Gasteiger partial charge in [0.25, 0.3) is 0 Å². The number of hydrogen-bond acceptors (Lipinski definition) is 6. The second-order valence-electron chi connectivity index (χ2n) is 13.2. The van der Waals surface area contributed by atoms with Gasteiger partial charge in [0.15, 0.2) is 12.1 Å². The molecule has 6 nitrogen and oxygen atoms in total. The Labute approximate surface area is 201 Å². The molecular formula is C28H38O6. The highest BCUT2D eigenvalue weighted by Gasteiger charge is 2.78. The van der Waals surface area contributed by atoms with Crippen LogP contribution in [0.5, 0.6) is 0 Å². The van der Waals surface area contributed by atoms with Crippen molar-refractivity contribution in [2.45, 2.75) is 108 Å². The molecule has 0 aromatic rings. The molecule has 0 amide bonds. The molecule has 1 spiro atoms. The van der Waals surface area contributed by atoms with Crippen molar-refractivity contribution in [3.63, 3.8) is 0 Å². The van der Waals surface area contributed by atoms with Crippen LogP contribution in [0.2, 0.25) is 0 Å². The van der Waals surface area contributed by atoms with E-state index in [0.717, 1.165) is 32.1 Å². The lowest BCUT2D eigenvalue weighted by Crippen LogP contribution is -2.60. The minimum atomic E-state index is -0.936. The summed E-state index contributed by atoms with van der Waals surface area (Å²) >= 11 is 0. The van der Waals surface area contributed by atoms with E-state index in [1.54, 1.807) is 6.08 Å². The van der Waals surface area contributed by atoms with E-state index in [2.05, 4.69) is 33.8 Å². The summed E-state index contributed by atoms with van der Waals surface area (Å²) in [5.74, 6) is 0.830. The molecule has 0 aromatic heterocycles. The largest absolute Gasteiger partial charge is 0.389 e. The van der Waals surface area contributed by atoms with Crippen LogP contribution in [-0.4, -0.2) is 57.4 Å². The Morgan fingerprint density at radius 3 is 2.68 bits per heavy atom. The van der Waals surface area contributed by atoms with Crippen molar-refractivity contribution >= 4 is 5.78 Å². The van der Waals surface area contributed by atoms with E-state index in [-0.39, 0.29) is 58.3 Å². The molecule has 0 radical (unpaired) electrons. The molecule has 2 N–H and O–H groups in total. The normalized spacial score (nSPS) is 61.9. The van der Waals surface area contributed by atoms with Crippen LogP contribution in [0.25, 0.3) is 0 Å². The van der Waals surface area contributed by atoms with Crippen LogP contribution >= 0.6 is 0 Å². The molecule has 3 aliphatic heterocycles. The van der Waals surface area contributed by atoms with Crippen LogP contribution in [0.1, 0.15) is 66.7 Å². The number of hydrogen-bond donors (Lipinski definition) is 2. The van der Waals surface area contributed by atoms with Gasteiger partial charge in [0.1, 0.15) is 16.8 Å². The number of aliphatic hydroxyl groups excluding tert-OH is 2. The quantitative estimate of drug-likeness (QED) is 0.475. The van der Waals surface area contributed by atoms with E-state index >= 15 is 0 Å². The van der Waals surface area contributed by atoms with Crippen molar-refractivity contribution in [1.29, 1.82) is 0 Å². The van der Waals surface area contributed by atoms with E-state index in [4.69, 9.17) is 14.2 Å². The lowest BCUT2D eigenvalue weighted by molar-refractivity contribution is -0.192. The van der Waals surface area contributed by atoms with Crippen molar-refractivity contribution in [2.75, 3.05) is 0 Å². The van der Waals surface area contributed by atoms with Gasteiger partial charge < -0.3 is 24.4 Å². The monoisotopic (exact) mass is 470 g/mol. The molecule has 186 valence electrons. The zero-order valence-electron chi connectivity index (χ0n) is 20.9. The fraction of sp³-hybridized carbons (Fsp3) is 0.821. The molecule has 13 atom stereocenters. The third kappa shape index (κ3) is 2.30. The highest BCUT2D eigenvalue weighted by atomic mass is 16.7. The van der Waals surface area contributed by atoms with Crippen molar-refractivity contribution in [1.82, 2.24) is 0 Å². The molecule has 1 unspecified atom stereocenters. The number of aliphatic hydroxyl groups is 2. The first kappa shape index (κ1) is 22.2. The van der Waals surface area contributed by atoms with Gasteiger partial charge in [0.2, 0.25) is 0 Å². The number of carbonyl (C=O) groups excluding carboxylic acids is 1. The molecular weight excluding hydrogens is 432 g/mol. The molecule has 2 saturated carbocycles. The Balaban J connectivity index is 1.19. The number of ketones is 1. The average molecular weight is 471 g/mol. The Morgan fingerprint density at radius 2 is 1.94 bits per heavy atom. The first-order valence-electron chi connectivity index (χ1n) is 13.2. The van der Waals surface area contributed by atoms with Gasteiger partial charge in [-0.05, 0) is 69.8 Å². The van der Waals surface area contributed by atoms with Gasteiger partial charge in [-0.1, -0.05) is 31.6 Å². The third-order valence-corrected chi connectivity index (χ3v) is 12.1. The van der Waals surface area contributed by atoms with E-state index < -0.39 is 23.4 Å². The second-order valence-corrected chi connectivity index (χ2v) is 13.2. The van der Waals surface area contributed by atoms with Crippen LogP contribution < -0.4 is 0 Å². The molecule has 3 heterocycles. The zero-order valence-corrected chi connectivity index (χ0v) is 20.9. The van der Waals surface area contributed by atoms with Crippen LogP contribution in [-0.2, 0) is 19.0 Å². The summed E-state index contributed by atoms with van der Waals surface area (Å²) in [4.78, 5) is 13.3. The van der Waals surface area contributed by atoms with Gasteiger partial charge in [-0.3, -0.25) is 4.79 Å². The van der Waals surface area contributed by atoms with Gasteiger partial charge in [-0.15, -0.1) is 0 Å². The first-order chi connectivity index (χ1) is 15.9. The number of fused-ring (bicyclic) bond motifs is 5. The number of ether oxygens (including phenoxy) is 3. The van der Waals surface area contributed by atoms with E-state index in [1.807, 2.05) is 13.0 Å². The SMILES string of the molecule is C[C@@H](C1=C[C@H](O)[C@H]2[C@@H]3C[C@@H]4O[C@@]45CC=CC(=O)[C@]5(C)[C@H]3CC[C@]12C)C1C[C@]2(C)O[C@]2(C)[C@H](O)O1. The summed E-state index contributed by atoms with van der Waals surface area (Å²) in [6.07, 6.45) is 8.74. The summed E-state index contributed by atoms with van der Waals surface area (Å²) < 4.78 is 18.4. The highest BCUT2D eigenvalue weighted by Crippen LogP contribution is 2.72. The number of carbonyl (C=O) groups is 1. The van der Waals surface area contributed by atoms with Crippen LogP contribution in [0.15, 0.2) is 23.8 Å². The average Bonchev–Trinajstić information content (AvgIpc) is 3.59. The maximum absolute atomic E-state index is 13.3. The number of epoxide rings is 2. The summed E-state index contributed by atoms with van der Waals surface area (Å²) in [6.45, 7) is 10.6. The minimum Gasteiger partial charge on any atom is -0.389 e. The number of allylic oxidation sites excluding steroid dienone is 1. The summed E-state index contributed by atoms with van der Waals surface area (Å²) in [5.41, 5.74) is -0.699. The van der Waals surface area contributed by atoms with Gasteiger partial charge in [0, 0.05) is 18.3 Å². The van der Waals surface area contributed by atoms with Crippen molar-refractivity contribution in [3.8, 4) is 0 Å². The van der Waals surface area contributed by atoms with Crippen LogP contribution in [0, 0.1) is 34.5 Å². The molecule has 0 bridgehead atoms. The predicted octanol–water partition coefficient (Wildman–Crippen LogP) is 3.30. The lowest BCUT2D eigenvalue weighted by atomic mass is 9.44. The second kappa shape index (κ2) is 6.25. The standard InChI is InChI=1S/C28H38O6/c1-14(19-13-25(3)27(5,34-25)23(31)32-19)17-12-18(29)22-15-11-21-28(33-21)9-6-7-20(30)26(28,4)16(15)8-10-24(17,22)2/h6-7,12,14-16,18-19,21-23,29,31H,8-11,13H2,1-5H3/t14-,15+,16-,18-,19?,21-,22+,23+,24+,25-,26-,27+,28-/m0/s1. The Kier molecular flexibility index (Phi) is 4.08. The lowest BCUT2D eigenvalue weighted by Gasteiger charge is -2.57. The van der Waals surface area contributed by atoms with Gasteiger partial charge in [-0.2, -0.15) is 0 Å². The molecule has 5 fully saturated rings. The van der Waals surface area contributed by atoms with E-state index in [0.29, 0.717) is 0 Å². The maximum atomic E-state index is 13.3. The van der Waals surface area contributed by atoms with Crippen molar-refractivity contribution < 1.29 is 29.2 Å². The van der Waals surface area contributed by atoms with Gasteiger partial charge in [0.05, 0.1) is 23.7 Å². The molecule has 4 aliphatic carbocycles. The van der Waals surface area contributed by atoms with Crippen molar-refractivity contribution in [2.24, 2.45) is 34.5 Å². The fourth-order valence-corrected chi connectivity index (χ4v) is 9.70. The van der Waals surface area contributed by atoms with E-state index in [9.17, 15) is 15.0 Å². The van der Waals surface area contributed by atoms with Crippen LogP contribution in [0.3, 0.4) is 0 Å². The van der Waals surface area contributed by atoms with Gasteiger partial charge in [-0.25, -0.2) is 0 Å². The summed E-state index contributed by atoms with van der Waals surface area (Å²) in [7, 11) is 0.